The van der Waals surface area contributed by atoms with Crippen molar-refractivity contribution in [2.75, 3.05) is 29.5 Å². The summed E-state index contributed by atoms with van der Waals surface area (Å²) in [7, 11) is -8.42. The average Bonchev–Trinajstić information content (AvgIpc) is 2.37. The van der Waals surface area contributed by atoms with Crippen LogP contribution in [-0.2, 0) is 19.7 Å². The summed E-state index contributed by atoms with van der Waals surface area (Å²) in [5.74, 6) is -0.0643. The predicted molar refractivity (Wildman–Crippen MR) is 70.5 cm³/mol. The standard InChI is InChI=1S/C11H12F3NO4S2/c12-11(13,14)21(18,19)10-3-1-9(2-4-10)15-5-7-20(16,17)8-6-15/h1-4H,5-8H2. The summed E-state index contributed by atoms with van der Waals surface area (Å²) in [5.41, 5.74) is -4.85. The van der Waals surface area contributed by atoms with Crippen LogP contribution in [0.5, 0.6) is 0 Å². The summed E-state index contributed by atoms with van der Waals surface area (Å²) < 4.78 is 82.2. The Morgan fingerprint density at radius 3 is 1.90 bits per heavy atom. The second-order valence-corrected chi connectivity index (χ2v) is 8.83. The van der Waals surface area contributed by atoms with Gasteiger partial charge in [-0.05, 0) is 24.3 Å². The number of alkyl halides is 3. The van der Waals surface area contributed by atoms with Crippen molar-refractivity contribution < 1.29 is 30.0 Å². The number of rotatable bonds is 2. The fourth-order valence-corrected chi connectivity index (χ4v) is 3.90. The van der Waals surface area contributed by atoms with E-state index in [9.17, 15) is 30.0 Å². The second kappa shape index (κ2) is 5.16. The molecular weight excluding hydrogens is 331 g/mol. The van der Waals surface area contributed by atoms with Gasteiger partial charge in [-0.25, -0.2) is 16.8 Å². The van der Waals surface area contributed by atoms with Crippen LogP contribution in [-0.4, -0.2) is 46.9 Å². The molecule has 10 heteroatoms. The second-order valence-electron chi connectivity index (χ2n) is 4.58. The van der Waals surface area contributed by atoms with E-state index in [0.717, 1.165) is 12.1 Å². The molecule has 5 nitrogen and oxygen atoms in total. The van der Waals surface area contributed by atoms with E-state index in [1.165, 1.54) is 12.1 Å². The Morgan fingerprint density at radius 1 is 1.00 bits per heavy atom. The molecule has 0 saturated carbocycles. The lowest BCUT2D eigenvalue weighted by atomic mass is 10.3. The molecule has 21 heavy (non-hydrogen) atoms. The molecule has 0 aliphatic carbocycles. The molecule has 1 aliphatic heterocycles. The van der Waals surface area contributed by atoms with Crippen LogP contribution in [0.15, 0.2) is 29.2 Å². The summed E-state index contributed by atoms with van der Waals surface area (Å²) in [4.78, 5) is 0.855. The molecule has 0 amide bonds. The smallest absolute Gasteiger partial charge is 0.369 e. The molecule has 0 unspecified atom stereocenters. The van der Waals surface area contributed by atoms with Gasteiger partial charge in [0.2, 0.25) is 0 Å². The molecular formula is C11H12F3NO4S2. The molecule has 1 fully saturated rings. The van der Waals surface area contributed by atoms with Gasteiger partial charge in [-0.2, -0.15) is 13.2 Å². The highest BCUT2D eigenvalue weighted by Gasteiger charge is 2.46. The van der Waals surface area contributed by atoms with E-state index >= 15 is 0 Å². The van der Waals surface area contributed by atoms with Gasteiger partial charge in [-0.1, -0.05) is 0 Å². The molecule has 0 radical (unpaired) electrons. The first-order valence-electron chi connectivity index (χ1n) is 5.90. The minimum Gasteiger partial charge on any atom is -0.369 e. The summed E-state index contributed by atoms with van der Waals surface area (Å²) in [6.07, 6.45) is 0. The van der Waals surface area contributed by atoms with Crippen LogP contribution < -0.4 is 4.90 Å². The normalized spacial score (nSPS) is 19.5. The lowest BCUT2D eigenvalue weighted by Crippen LogP contribution is -2.40. The molecule has 0 bridgehead atoms. The molecule has 0 N–H and O–H groups in total. The lowest BCUT2D eigenvalue weighted by molar-refractivity contribution is -0.0436. The lowest BCUT2D eigenvalue weighted by Gasteiger charge is -2.28. The van der Waals surface area contributed by atoms with Gasteiger partial charge in [0.05, 0.1) is 16.4 Å². The Morgan fingerprint density at radius 2 is 1.48 bits per heavy atom. The number of anilines is 1. The van der Waals surface area contributed by atoms with Crippen molar-refractivity contribution >= 4 is 25.4 Å². The zero-order valence-corrected chi connectivity index (χ0v) is 12.3. The highest BCUT2D eigenvalue weighted by molar-refractivity contribution is 7.92. The first-order chi connectivity index (χ1) is 9.53. The van der Waals surface area contributed by atoms with Crippen molar-refractivity contribution in [2.45, 2.75) is 10.4 Å². The Balaban J connectivity index is 2.21. The van der Waals surface area contributed by atoms with Gasteiger partial charge >= 0.3 is 5.51 Å². The van der Waals surface area contributed by atoms with Gasteiger partial charge in [0.25, 0.3) is 9.84 Å². The largest absolute Gasteiger partial charge is 0.501 e. The first-order valence-corrected chi connectivity index (χ1v) is 9.20. The molecule has 0 aromatic heterocycles. The van der Waals surface area contributed by atoms with Crippen molar-refractivity contribution in [1.29, 1.82) is 0 Å². The number of benzene rings is 1. The SMILES string of the molecule is O=S1(=O)CCN(c2ccc(S(=O)(=O)C(F)(F)F)cc2)CC1. The van der Waals surface area contributed by atoms with Crippen LogP contribution in [0.4, 0.5) is 18.9 Å². The number of sulfone groups is 2. The van der Waals surface area contributed by atoms with Crippen LogP contribution in [0.25, 0.3) is 0 Å². The monoisotopic (exact) mass is 343 g/mol. The molecule has 1 aromatic carbocycles. The van der Waals surface area contributed by atoms with Gasteiger partial charge in [-0.15, -0.1) is 0 Å². The molecule has 1 saturated heterocycles. The Kier molecular flexibility index (Phi) is 3.96. The van der Waals surface area contributed by atoms with Gasteiger partial charge in [0, 0.05) is 18.8 Å². The third-order valence-corrected chi connectivity index (χ3v) is 6.27. The number of halogens is 3. The van der Waals surface area contributed by atoms with Crippen LogP contribution in [0.2, 0.25) is 0 Å². The van der Waals surface area contributed by atoms with Crippen LogP contribution in [0.3, 0.4) is 0 Å². The van der Waals surface area contributed by atoms with Gasteiger partial charge < -0.3 is 4.90 Å². The van der Waals surface area contributed by atoms with Crippen molar-refractivity contribution in [3.05, 3.63) is 24.3 Å². The van der Waals surface area contributed by atoms with E-state index < -0.39 is 30.1 Å². The summed E-state index contributed by atoms with van der Waals surface area (Å²) in [6, 6.07) is 4.25. The topological polar surface area (TPSA) is 71.5 Å². The van der Waals surface area contributed by atoms with Gasteiger partial charge in [-0.3, -0.25) is 0 Å². The molecule has 1 heterocycles. The first kappa shape index (κ1) is 16.1. The zero-order chi connectivity index (χ0) is 15.9. The third-order valence-electron chi connectivity index (χ3n) is 3.16. The minimum atomic E-state index is -5.36. The third kappa shape index (κ3) is 3.31. The van der Waals surface area contributed by atoms with Gasteiger partial charge in [0.15, 0.2) is 9.84 Å². The number of hydrogen-bond acceptors (Lipinski definition) is 5. The zero-order valence-electron chi connectivity index (χ0n) is 10.7. The summed E-state index contributed by atoms with van der Waals surface area (Å²) in [6.45, 7) is 0.460. The van der Waals surface area contributed by atoms with E-state index in [-0.39, 0.29) is 24.6 Å². The number of hydrogen-bond donors (Lipinski definition) is 0. The summed E-state index contributed by atoms with van der Waals surface area (Å²) in [5, 5.41) is 0. The average molecular weight is 343 g/mol. The van der Waals surface area contributed by atoms with Crippen molar-refractivity contribution in [3.63, 3.8) is 0 Å². The van der Waals surface area contributed by atoms with E-state index in [2.05, 4.69) is 0 Å². The quantitative estimate of drug-likeness (QED) is 0.807. The van der Waals surface area contributed by atoms with E-state index in [1.807, 2.05) is 0 Å². The maximum atomic E-state index is 12.4. The highest BCUT2D eigenvalue weighted by Crippen LogP contribution is 2.31. The van der Waals surface area contributed by atoms with Crippen LogP contribution >= 0.6 is 0 Å². The van der Waals surface area contributed by atoms with Crippen molar-refractivity contribution in [2.24, 2.45) is 0 Å². The van der Waals surface area contributed by atoms with E-state index in [1.54, 1.807) is 4.90 Å². The van der Waals surface area contributed by atoms with Crippen molar-refractivity contribution in [1.82, 2.24) is 0 Å². The van der Waals surface area contributed by atoms with Crippen molar-refractivity contribution in [3.8, 4) is 0 Å². The van der Waals surface area contributed by atoms with Crippen LogP contribution in [0, 0.1) is 0 Å². The van der Waals surface area contributed by atoms with Gasteiger partial charge in [0.1, 0.15) is 0 Å². The highest BCUT2D eigenvalue weighted by atomic mass is 32.2. The molecule has 2 rings (SSSR count). The molecule has 1 aliphatic rings. The summed E-state index contributed by atoms with van der Waals surface area (Å²) >= 11 is 0. The maximum Gasteiger partial charge on any atom is 0.501 e. The predicted octanol–water partition coefficient (Wildman–Crippen LogP) is 1.21. The fraction of sp³-hybridized carbons (Fsp3) is 0.455. The Bertz CT molecular complexity index is 710. The molecule has 0 spiro atoms. The minimum absolute atomic E-state index is 0.0321. The van der Waals surface area contributed by atoms with E-state index in [0.29, 0.717) is 5.69 Å². The molecule has 118 valence electrons. The molecule has 0 atom stereocenters. The Labute approximate surface area is 120 Å². The molecule has 1 aromatic rings. The van der Waals surface area contributed by atoms with Crippen LogP contribution in [0.1, 0.15) is 0 Å². The Hall–Kier alpha value is -1.29. The number of nitrogens with zero attached hydrogens (tertiary/aromatic N) is 1. The maximum absolute atomic E-state index is 12.4. The fourth-order valence-electron chi connectivity index (χ4n) is 1.94. The van der Waals surface area contributed by atoms with E-state index in [4.69, 9.17) is 0 Å².